The van der Waals surface area contributed by atoms with E-state index >= 15 is 0 Å². The van der Waals surface area contributed by atoms with Crippen LogP contribution in [0, 0.1) is 17.2 Å². The molecule has 1 aliphatic rings. The highest BCUT2D eigenvalue weighted by Gasteiger charge is 2.32. The maximum atomic E-state index is 13.2. The normalized spacial score (nSPS) is 20.5. The molecule has 1 aromatic carbocycles. The van der Waals surface area contributed by atoms with Crippen LogP contribution in [0.25, 0.3) is 0 Å². The van der Waals surface area contributed by atoms with E-state index in [2.05, 4.69) is 25.7 Å². The molecule has 3 heteroatoms. The van der Waals surface area contributed by atoms with Crippen molar-refractivity contribution in [1.29, 1.82) is 0 Å². The van der Waals surface area contributed by atoms with Crippen LogP contribution in [-0.2, 0) is 5.88 Å². The summed E-state index contributed by atoms with van der Waals surface area (Å²) in [6.07, 6.45) is 1.20. The van der Waals surface area contributed by atoms with Gasteiger partial charge in [0, 0.05) is 24.7 Å². The van der Waals surface area contributed by atoms with E-state index in [1.54, 1.807) is 6.07 Å². The Labute approximate surface area is 114 Å². The summed E-state index contributed by atoms with van der Waals surface area (Å²) in [6, 6.07) is 4.93. The van der Waals surface area contributed by atoms with Crippen molar-refractivity contribution in [3.05, 3.63) is 29.6 Å². The van der Waals surface area contributed by atoms with Gasteiger partial charge in [0.25, 0.3) is 0 Å². The predicted molar refractivity (Wildman–Crippen MR) is 75.7 cm³/mol. The van der Waals surface area contributed by atoms with Crippen molar-refractivity contribution in [1.82, 2.24) is 0 Å². The summed E-state index contributed by atoms with van der Waals surface area (Å²) in [5, 5.41) is 0. The van der Waals surface area contributed by atoms with E-state index in [0.29, 0.717) is 17.2 Å². The first-order valence-corrected chi connectivity index (χ1v) is 7.04. The van der Waals surface area contributed by atoms with Crippen molar-refractivity contribution in [3.8, 4) is 0 Å². The topological polar surface area (TPSA) is 3.24 Å². The van der Waals surface area contributed by atoms with E-state index in [1.807, 2.05) is 6.07 Å². The molecule has 18 heavy (non-hydrogen) atoms. The van der Waals surface area contributed by atoms with Crippen molar-refractivity contribution in [2.45, 2.75) is 33.1 Å². The van der Waals surface area contributed by atoms with Gasteiger partial charge in [-0.15, -0.1) is 11.6 Å². The molecule has 1 atom stereocenters. The van der Waals surface area contributed by atoms with Crippen LogP contribution in [0.15, 0.2) is 18.2 Å². The second kappa shape index (κ2) is 5.08. The Bertz CT molecular complexity index is 425. The zero-order chi connectivity index (χ0) is 13.3. The van der Waals surface area contributed by atoms with E-state index < -0.39 is 0 Å². The van der Waals surface area contributed by atoms with Gasteiger partial charge in [-0.3, -0.25) is 0 Å². The highest BCUT2D eigenvalue weighted by Crippen LogP contribution is 2.36. The fraction of sp³-hybridized carbons (Fsp3) is 0.600. The molecule has 0 aliphatic carbocycles. The highest BCUT2D eigenvalue weighted by atomic mass is 35.5. The molecule has 1 aliphatic heterocycles. The number of anilines is 1. The van der Waals surface area contributed by atoms with E-state index in [9.17, 15) is 4.39 Å². The Morgan fingerprint density at radius 2 is 2.11 bits per heavy atom. The first-order valence-electron chi connectivity index (χ1n) is 6.51. The van der Waals surface area contributed by atoms with E-state index in [0.717, 1.165) is 24.3 Å². The number of benzene rings is 1. The third-order valence-electron chi connectivity index (χ3n) is 3.94. The number of nitrogens with zero attached hydrogens (tertiary/aromatic N) is 1. The van der Waals surface area contributed by atoms with Crippen LogP contribution in [-0.4, -0.2) is 13.1 Å². The zero-order valence-corrected chi connectivity index (χ0v) is 12.1. The second-order valence-electron chi connectivity index (χ2n) is 6.20. The summed E-state index contributed by atoms with van der Waals surface area (Å²) in [5.74, 6) is 0.843. The molecule has 1 unspecified atom stereocenters. The van der Waals surface area contributed by atoms with E-state index in [-0.39, 0.29) is 5.82 Å². The molecule has 1 fully saturated rings. The average Bonchev–Trinajstić information content (AvgIpc) is 2.77. The number of halogens is 2. The molecule has 2 rings (SSSR count). The van der Waals surface area contributed by atoms with Crippen LogP contribution in [0.3, 0.4) is 0 Å². The highest BCUT2D eigenvalue weighted by molar-refractivity contribution is 6.17. The fourth-order valence-electron chi connectivity index (χ4n) is 2.66. The molecule has 0 radical (unpaired) electrons. The fourth-order valence-corrected chi connectivity index (χ4v) is 2.87. The van der Waals surface area contributed by atoms with Gasteiger partial charge >= 0.3 is 0 Å². The molecule has 0 aromatic heterocycles. The molecule has 0 bridgehead atoms. The smallest absolute Gasteiger partial charge is 0.123 e. The maximum absolute atomic E-state index is 13.2. The molecule has 1 nitrogen and oxygen atoms in total. The van der Waals surface area contributed by atoms with Crippen LogP contribution < -0.4 is 4.90 Å². The first kappa shape index (κ1) is 13.7. The third-order valence-corrected chi connectivity index (χ3v) is 4.23. The van der Waals surface area contributed by atoms with Gasteiger partial charge in [0.1, 0.15) is 5.82 Å². The van der Waals surface area contributed by atoms with Gasteiger partial charge in [0.15, 0.2) is 0 Å². The lowest BCUT2D eigenvalue weighted by atomic mass is 9.80. The van der Waals surface area contributed by atoms with E-state index in [4.69, 9.17) is 11.6 Å². The summed E-state index contributed by atoms with van der Waals surface area (Å²) >= 11 is 5.92. The van der Waals surface area contributed by atoms with Crippen LogP contribution in [0.5, 0.6) is 0 Å². The minimum atomic E-state index is -0.207. The average molecular weight is 270 g/mol. The molecule has 0 N–H and O–H groups in total. The third kappa shape index (κ3) is 2.80. The number of hydrogen-bond donors (Lipinski definition) is 0. The molecular weight excluding hydrogens is 249 g/mol. The molecule has 100 valence electrons. The Kier molecular flexibility index (Phi) is 3.86. The van der Waals surface area contributed by atoms with Crippen molar-refractivity contribution in [2.24, 2.45) is 11.3 Å². The lowest BCUT2D eigenvalue weighted by Gasteiger charge is -2.28. The summed E-state index contributed by atoms with van der Waals surface area (Å²) < 4.78 is 13.2. The van der Waals surface area contributed by atoms with Gasteiger partial charge in [0.05, 0.1) is 0 Å². The lowest BCUT2D eigenvalue weighted by Crippen LogP contribution is -2.26. The molecular formula is C15H21ClFN. The molecule has 0 saturated carbocycles. The minimum absolute atomic E-state index is 0.207. The summed E-state index contributed by atoms with van der Waals surface area (Å²) in [4.78, 5) is 2.34. The van der Waals surface area contributed by atoms with Gasteiger partial charge in [-0.2, -0.15) is 0 Å². The first-order chi connectivity index (χ1) is 8.41. The largest absolute Gasteiger partial charge is 0.371 e. The molecule has 1 saturated heterocycles. The number of hydrogen-bond acceptors (Lipinski definition) is 1. The van der Waals surface area contributed by atoms with E-state index in [1.165, 1.54) is 12.5 Å². The standard InChI is InChI=1S/C15H21ClFN/c1-15(2,3)12-6-7-18(10-12)14-5-4-13(17)8-11(14)9-16/h4-5,8,12H,6-7,9-10H2,1-3H3. The summed E-state index contributed by atoms with van der Waals surface area (Å²) in [5.41, 5.74) is 2.32. The number of alkyl halides is 1. The van der Waals surface area contributed by atoms with Crippen LogP contribution in [0.1, 0.15) is 32.8 Å². The van der Waals surface area contributed by atoms with Crippen molar-refractivity contribution >= 4 is 17.3 Å². The molecule has 0 amide bonds. The molecule has 1 heterocycles. The quantitative estimate of drug-likeness (QED) is 0.718. The monoisotopic (exact) mass is 269 g/mol. The van der Waals surface area contributed by atoms with Crippen LogP contribution in [0.2, 0.25) is 0 Å². The Morgan fingerprint density at radius 3 is 2.67 bits per heavy atom. The SMILES string of the molecule is CC(C)(C)C1CCN(c2ccc(F)cc2CCl)C1. The van der Waals surface area contributed by atoms with Gasteiger partial charge in [-0.25, -0.2) is 4.39 Å². The van der Waals surface area contributed by atoms with Crippen LogP contribution in [0.4, 0.5) is 10.1 Å². The molecule has 1 aromatic rings. The minimum Gasteiger partial charge on any atom is -0.371 e. The summed E-state index contributed by atoms with van der Waals surface area (Å²) in [6.45, 7) is 8.94. The number of rotatable bonds is 2. The predicted octanol–water partition coefficient (Wildman–Crippen LogP) is 4.44. The Morgan fingerprint density at radius 1 is 1.39 bits per heavy atom. The molecule has 0 spiro atoms. The van der Waals surface area contributed by atoms with Crippen molar-refractivity contribution in [3.63, 3.8) is 0 Å². The maximum Gasteiger partial charge on any atom is 0.123 e. The van der Waals surface area contributed by atoms with Gasteiger partial charge in [0.2, 0.25) is 0 Å². The van der Waals surface area contributed by atoms with Gasteiger partial charge < -0.3 is 4.90 Å². The lowest BCUT2D eigenvalue weighted by molar-refractivity contribution is 0.263. The van der Waals surface area contributed by atoms with Crippen LogP contribution >= 0.6 is 11.6 Å². The second-order valence-corrected chi connectivity index (χ2v) is 6.47. The van der Waals surface area contributed by atoms with Gasteiger partial charge in [-0.05, 0) is 41.5 Å². The summed E-state index contributed by atoms with van der Waals surface area (Å²) in [7, 11) is 0. The Hall–Kier alpha value is -0.760. The zero-order valence-electron chi connectivity index (χ0n) is 11.3. The van der Waals surface area contributed by atoms with Crippen molar-refractivity contribution < 1.29 is 4.39 Å². The van der Waals surface area contributed by atoms with Crippen molar-refractivity contribution in [2.75, 3.05) is 18.0 Å². The Balaban J connectivity index is 2.19. The van der Waals surface area contributed by atoms with Gasteiger partial charge in [-0.1, -0.05) is 20.8 Å².